The number of anilines is 1. The summed E-state index contributed by atoms with van der Waals surface area (Å²) in [5.41, 5.74) is 0.579. The summed E-state index contributed by atoms with van der Waals surface area (Å²) in [5.74, 6) is -0.991. The van der Waals surface area contributed by atoms with Crippen LogP contribution in [0, 0.1) is 17.0 Å². The van der Waals surface area contributed by atoms with Crippen molar-refractivity contribution in [2.24, 2.45) is 0 Å². The molecule has 0 bridgehead atoms. The van der Waals surface area contributed by atoms with Crippen LogP contribution in [0.15, 0.2) is 18.2 Å². The number of para-hydroxylation sites is 1. The largest absolute Gasteiger partial charge is 0.408 e. The fraction of sp³-hybridized carbons (Fsp3) is 0.167. The maximum Gasteiger partial charge on any atom is 0.408 e. The molecule has 0 aliphatic rings. The van der Waals surface area contributed by atoms with Crippen molar-refractivity contribution >= 4 is 52.2 Å². The summed E-state index contributed by atoms with van der Waals surface area (Å²) in [7, 11) is 0. The quantitative estimate of drug-likeness (QED) is 0.662. The van der Waals surface area contributed by atoms with Crippen molar-refractivity contribution in [1.29, 1.82) is 0 Å². The molecule has 2 rings (SSSR count). The van der Waals surface area contributed by atoms with Gasteiger partial charge in [0.25, 0.3) is 0 Å². The molecular weight excluding hydrogens is 355 g/mol. The van der Waals surface area contributed by atoms with Gasteiger partial charge < -0.3 is 15.4 Å². The Morgan fingerprint density at radius 2 is 1.95 bits per heavy atom. The fourth-order valence-electron chi connectivity index (χ4n) is 1.71. The molecule has 0 spiro atoms. The first-order chi connectivity index (χ1) is 10.3. The van der Waals surface area contributed by atoms with Crippen LogP contribution < -0.4 is 5.32 Å². The molecule has 1 heterocycles. The average Bonchev–Trinajstić information content (AvgIpc) is 2.71. The van der Waals surface area contributed by atoms with Crippen molar-refractivity contribution in [3.8, 4) is 0 Å². The van der Waals surface area contributed by atoms with E-state index >= 15 is 0 Å². The standard InChI is InChI=1S/C12H9Cl3N4O3/c1-6-10(15)12(19(21)22)17-18(6)5-9(20)16-11-7(13)3-2-4-8(11)14/h2-4H,5H2,1H3,(H,16,20). The van der Waals surface area contributed by atoms with Gasteiger partial charge in [0.15, 0.2) is 5.02 Å². The molecule has 10 heteroatoms. The maximum atomic E-state index is 12.0. The lowest BCUT2D eigenvalue weighted by molar-refractivity contribution is -0.389. The van der Waals surface area contributed by atoms with Crippen LogP contribution in [-0.4, -0.2) is 20.6 Å². The van der Waals surface area contributed by atoms with Crippen LogP contribution in [0.1, 0.15) is 5.69 Å². The number of nitrogens with one attached hydrogen (secondary N) is 1. The third-order valence-corrected chi connectivity index (χ3v) is 3.88. The molecule has 0 fully saturated rings. The van der Waals surface area contributed by atoms with E-state index in [-0.39, 0.29) is 27.3 Å². The molecule has 0 saturated carbocycles. The normalized spacial score (nSPS) is 10.5. The number of halogens is 3. The summed E-state index contributed by atoms with van der Waals surface area (Å²) >= 11 is 17.7. The number of nitrogens with zero attached hydrogens (tertiary/aromatic N) is 3. The molecule has 1 aromatic carbocycles. The van der Waals surface area contributed by atoms with Gasteiger partial charge in [-0.3, -0.25) is 4.79 Å². The molecule has 0 unspecified atom stereocenters. The predicted molar refractivity (Wildman–Crippen MR) is 83.7 cm³/mol. The van der Waals surface area contributed by atoms with E-state index in [9.17, 15) is 14.9 Å². The smallest absolute Gasteiger partial charge is 0.358 e. The maximum absolute atomic E-state index is 12.0. The van der Waals surface area contributed by atoms with Gasteiger partial charge in [0, 0.05) is 0 Å². The van der Waals surface area contributed by atoms with E-state index in [0.29, 0.717) is 5.69 Å². The van der Waals surface area contributed by atoms with Crippen LogP contribution in [0.4, 0.5) is 11.5 Å². The number of carbonyl (C=O) groups excluding carboxylic acids is 1. The Hall–Kier alpha value is -1.83. The van der Waals surface area contributed by atoms with Gasteiger partial charge >= 0.3 is 5.82 Å². The second-order valence-electron chi connectivity index (χ2n) is 4.28. The summed E-state index contributed by atoms with van der Waals surface area (Å²) in [5, 5.41) is 17.4. The van der Waals surface area contributed by atoms with Gasteiger partial charge in [0.1, 0.15) is 6.54 Å². The lowest BCUT2D eigenvalue weighted by Crippen LogP contribution is -2.20. The minimum absolute atomic E-state index is 0.103. The summed E-state index contributed by atoms with van der Waals surface area (Å²) in [6.45, 7) is 1.26. The number of benzene rings is 1. The van der Waals surface area contributed by atoms with Crippen LogP contribution in [0.25, 0.3) is 0 Å². The topological polar surface area (TPSA) is 90.1 Å². The van der Waals surface area contributed by atoms with E-state index in [1.165, 1.54) is 6.92 Å². The molecule has 0 aliphatic carbocycles. The Morgan fingerprint density at radius 3 is 2.45 bits per heavy atom. The van der Waals surface area contributed by atoms with E-state index in [1.807, 2.05) is 0 Å². The van der Waals surface area contributed by atoms with Crippen molar-refractivity contribution in [3.63, 3.8) is 0 Å². The molecule has 0 atom stereocenters. The molecule has 1 amide bonds. The minimum Gasteiger partial charge on any atom is -0.358 e. The number of nitro groups is 1. The van der Waals surface area contributed by atoms with Gasteiger partial charge in [-0.1, -0.05) is 40.9 Å². The van der Waals surface area contributed by atoms with Crippen LogP contribution in [0.2, 0.25) is 15.1 Å². The summed E-state index contributed by atoms with van der Waals surface area (Å²) in [6.07, 6.45) is 0. The number of hydrogen-bond donors (Lipinski definition) is 1. The Labute approximate surface area is 139 Å². The second kappa shape index (κ2) is 6.51. The number of carbonyl (C=O) groups is 1. The molecule has 0 aliphatic heterocycles. The molecule has 0 radical (unpaired) electrons. The fourth-order valence-corrected chi connectivity index (χ4v) is 2.41. The van der Waals surface area contributed by atoms with E-state index in [4.69, 9.17) is 34.8 Å². The van der Waals surface area contributed by atoms with E-state index in [0.717, 1.165) is 4.68 Å². The third kappa shape index (κ3) is 3.32. The lowest BCUT2D eigenvalue weighted by atomic mass is 10.3. The number of amides is 1. The molecule has 1 aromatic heterocycles. The third-order valence-electron chi connectivity index (χ3n) is 2.81. The van der Waals surface area contributed by atoms with Crippen molar-refractivity contribution in [1.82, 2.24) is 9.78 Å². The van der Waals surface area contributed by atoms with Gasteiger partial charge in [0.2, 0.25) is 5.91 Å². The molecule has 2 aromatic rings. The highest BCUT2D eigenvalue weighted by Crippen LogP contribution is 2.30. The first-order valence-corrected chi connectivity index (χ1v) is 7.05. The van der Waals surface area contributed by atoms with Gasteiger partial charge in [-0.2, -0.15) is 4.68 Å². The zero-order chi connectivity index (χ0) is 16.4. The molecule has 7 nitrogen and oxygen atoms in total. The van der Waals surface area contributed by atoms with Crippen molar-refractivity contribution < 1.29 is 9.72 Å². The Morgan fingerprint density at radius 1 is 1.36 bits per heavy atom. The van der Waals surface area contributed by atoms with Gasteiger partial charge in [-0.05, 0) is 24.0 Å². The molecule has 0 saturated heterocycles. The second-order valence-corrected chi connectivity index (χ2v) is 5.47. The molecule has 22 heavy (non-hydrogen) atoms. The number of rotatable bonds is 4. The zero-order valence-electron chi connectivity index (χ0n) is 11.1. The van der Waals surface area contributed by atoms with Gasteiger partial charge in [0.05, 0.1) is 26.5 Å². The van der Waals surface area contributed by atoms with Crippen LogP contribution in [-0.2, 0) is 11.3 Å². The van der Waals surface area contributed by atoms with Crippen LogP contribution >= 0.6 is 34.8 Å². The van der Waals surface area contributed by atoms with Gasteiger partial charge in [-0.25, -0.2) is 0 Å². The highest BCUT2D eigenvalue weighted by atomic mass is 35.5. The van der Waals surface area contributed by atoms with E-state index < -0.39 is 16.6 Å². The summed E-state index contributed by atoms with van der Waals surface area (Å²) in [6, 6.07) is 4.79. The van der Waals surface area contributed by atoms with Crippen molar-refractivity contribution in [2.75, 3.05) is 5.32 Å². The van der Waals surface area contributed by atoms with Crippen molar-refractivity contribution in [3.05, 3.63) is 49.1 Å². The average molecular weight is 364 g/mol. The van der Waals surface area contributed by atoms with E-state index in [1.54, 1.807) is 18.2 Å². The first kappa shape index (κ1) is 16.5. The highest BCUT2D eigenvalue weighted by molar-refractivity contribution is 6.39. The zero-order valence-corrected chi connectivity index (χ0v) is 13.4. The lowest BCUT2D eigenvalue weighted by Gasteiger charge is -2.08. The Bertz CT molecular complexity index is 740. The molecule has 1 N–H and O–H groups in total. The van der Waals surface area contributed by atoms with Crippen molar-refractivity contribution in [2.45, 2.75) is 13.5 Å². The summed E-state index contributed by atoms with van der Waals surface area (Å²) < 4.78 is 1.14. The van der Waals surface area contributed by atoms with Crippen LogP contribution in [0.5, 0.6) is 0 Å². The minimum atomic E-state index is -0.714. The number of hydrogen-bond acceptors (Lipinski definition) is 4. The van der Waals surface area contributed by atoms with Crippen LogP contribution in [0.3, 0.4) is 0 Å². The van der Waals surface area contributed by atoms with E-state index in [2.05, 4.69) is 10.4 Å². The first-order valence-electron chi connectivity index (χ1n) is 5.92. The Kier molecular flexibility index (Phi) is 4.90. The molecular formula is C12H9Cl3N4O3. The predicted octanol–water partition coefficient (Wildman–Crippen LogP) is 3.70. The Balaban J connectivity index is 2.20. The molecule has 116 valence electrons. The van der Waals surface area contributed by atoms with Gasteiger partial charge in [-0.15, -0.1) is 0 Å². The summed E-state index contributed by atoms with van der Waals surface area (Å²) in [4.78, 5) is 22.1. The SMILES string of the molecule is Cc1c(Cl)c([N+](=O)[O-])nn1CC(=O)Nc1c(Cl)cccc1Cl. The highest BCUT2D eigenvalue weighted by Gasteiger charge is 2.25. The number of aromatic nitrogens is 2. The monoisotopic (exact) mass is 362 g/mol.